The third-order valence-corrected chi connectivity index (χ3v) is 4.03. The first kappa shape index (κ1) is 18.4. The van der Waals surface area contributed by atoms with E-state index in [0.29, 0.717) is 12.1 Å². The van der Waals surface area contributed by atoms with Crippen LogP contribution < -0.4 is 10.9 Å². The summed E-state index contributed by atoms with van der Waals surface area (Å²) >= 11 is 0. The number of aromatic amines is 1. The number of aryl methyl sites for hydroxylation is 1. The molecule has 2 heterocycles. The molecule has 0 aliphatic rings. The molecule has 0 saturated carbocycles. The molecule has 1 aromatic carbocycles. The largest absolute Gasteiger partial charge is 0.464 e. The average Bonchev–Trinajstić information content (AvgIpc) is 3.06. The van der Waals surface area contributed by atoms with E-state index in [2.05, 4.69) is 15.4 Å². The Hall–Kier alpha value is -3.42. The molecule has 0 bridgehead atoms. The predicted molar refractivity (Wildman–Crippen MR) is 98.6 cm³/mol. The van der Waals surface area contributed by atoms with Gasteiger partial charge in [0.15, 0.2) is 5.65 Å². The van der Waals surface area contributed by atoms with Gasteiger partial charge in [0.25, 0.3) is 11.5 Å². The number of fused-ring (bicyclic) bond motifs is 1. The van der Waals surface area contributed by atoms with Crippen molar-refractivity contribution in [2.45, 2.75) is 26.3 Å². The number of amides is 1. The number of esters is 1. The molecule has 0 radical (unpaired) electrons. The number of ether oxygens (including phenoxy) is 1. The lowest BCUT2D eigenvalue weighted by Gasteiger charge is -2.17. The van der Waals surface area contributed by atoms with Gasteiger partial charge in [0.05, 0.1) is 6.61 Å². The van der Waals surface area contributed by atoms with Crippen LogP contribution in [-0.4, -0.2) is 39.1 Å². The minimum atomic E-state index is -0.855. The molecule has 3 rings (SSSR count). The summed E-state index contributed by atoms with van der Waals surface area (Å²) in [6, 6.07) is 9.84. The molecule has 0 fully saturated rings. The highest BCUT2D eigenvalue weighted by Gasteiger charge is 2.25. The van der Waals surface area contributed by atoms with Gasteiger partial charge >= 0.3 is 5.97 Å². The van der Waals surface area contributed by atoms with Crippen molar-refractivity contribution in [3.05, 3.63) is 69.8 Å². The van der Waals surface area contributed by atoms with E-state index in [4.69, 9.17) is 4.74 Å². The summed E-state index contributed by atoms with van der Waals surface area (Å²) in [4.78, 5) is 41.3. The highest BCUT2D eigenvalue weighted by Crippen LogP contribution is 2.09. The van der Waals surface area contributed by atoms with Crippen molar-refractivity contribution in [3.8, 4) is 0 Å². The average molecular weight is 368 g/mol. The van der Waals surface area contributed by atoms with Crippen LogP contribution in [0.1, 0.15) is 28.5 Å². The lowest BCUT2D eigenvalue weighted by molar-refractivity contribution is -0.145. The van der Waals surface area contributed by atoms with Crippen LogP contribution in [0, 0.1) is 6.92 Å². The van der Waals surface area contributed by atoms with Gasteiger partial charge in [-0.15, -0.1) is 0 Å². The smallest absolute Gasteiger partial charge is 0.328 e. The van der Waals surface area contributed by atoms with Gasteiger partial charge in [0, 0.05) is 24.4 Å². The second-order valence-corrected chi connectivity index (χ2v) is 6.05. The van der Waals surface area contributed by atoms with Crippen molar-refractivity contribution in [1.82, 2.24) is 19.9 Å². The summed E-state index contributed by atoms with van der Waals surface area (Å²) in [7, 11) is 0. The summed E-state index contributed by atoms with van der Waals surface area (Å²) in [5.74, 6) is -1.03. The zero-order valence-corrected chi connectivity index (χ0v) is 15.1. The van der Waals surface area contributed by atoms with E-state index in [1.807, 2.05) is 30.3 Å². The minimum Gasteiger partial charge on any atom is -0.464 e. The number of hydrogen-bond acceptors (Lipinski definition) is 5. The molecule has 27 heavy (non-hydrogen) atoms. The Morgan fingerprint density at radius 2 is 2.04 bits per heavy atom. The van der Waals surface area contributed by atoms with Gasteiger partial charge in [0.2, 0.25) is 0 Å². The highest BCUT2D eigenvalue weighted by molar-refractivity contribution is 6.01. The van der Waals surface area contributed by atoms with Crippen LogP contribution in [0.5, 0.6) is 0 Å². The molecule has 1 atom stereocenters. The molecule has 1 unspecified atom stereocenters. The van der Waals surface area contributed by atoms with Gasteiger partial charge in [-0.1, -0.05) is 30.3 Å². The van der Waals surface area contributed by atoms with Crippen LogP contribution in [0.25, 0.3) is 5.65 Å². The Balaban J connectivity index is 1.88. The molecule has 8 heteroatoms. The molecule has 0 spiro atoms. The first-order valence-corrected chi connectivity index (χ1v) is 8.58. The minimum absolute atomic E-state index is 0.179. The normalized spacial score (nSPS) is 11.9. The standard InChI is InChI=1S/C19H20N4O4/c1-3-27-19(26)15(10-13-7-5-4-6-8-13)22-18(25)14-11-20-23-16(24)9-12(2)21-17(14)23/h4-9,11,15,20H,3,10H2,1-2H3,(H,22,25). The van der Waals surface area contributed by atoms with Crippen LogP contribution >= 0.6 is 0 Å². The monoisotopic (exact) mass is 368 g/mol. The van der Waals surface area contributed by atoms with Gasteiger partial charge in [0.1, 0.15) is 11.6 Å². The Morgan fingerprint density at radius 1 is 1.30 bits per heavy atom. The second kappa shape index (κ2) is 7.86. The molecule has 1 amide bonds. The third-order valence-electron chi connectivity index (χ3n) is 4.03. The van der Waals surface area contributed by atoms with Crippen LogP contribution in [0.15, 0.2) is 47.4 Å². The van der Waals surface area contributed by atoms with E-state index in [1.54, 1.807) is 13.8 Å². The number of aromatic nitrogens is 3. The van der Waals surface area contributed by atoms with Crippen LogP contribution in [-0.2, 0) is 16.0 Å². The first-order chi connectivity index (χ1) is 13.0. The molecule has 2 N–H and O–H groups in total. The van der Waals surface area contributed by atoms with E-state index >= 15 is 0 Å². The van der Waals surface area contributed by atoms with Crippen molar-refractivity contribution >= 4 is 17.5 Å². The van der Waals surface area contributed by atoms with Crippen LogP contribution in [0.4, 0.5) is 0 Å². The number of hydrogen-bond donors (Lipinski definition) is 2. The molecular formula is C19H20N4O4. The Bertz CT molecular complexity index is 1020. The van der Waals surface area contributed by atoms with E-state index in [0.717, 1.165) is 5.56 Å². The fraction of sp³-hybridized carbons (Fsp3) is 0.263. The topological polar surface area (TPSA) is 106 Å². The van der Waals surface area contributed by atoms with Crippen molar-refractivity contribution < 1.29 is 14.3 Å². The summed E-state index contributed by atoms with van der Waals surface area (Å²) in [6.45, 7) is 3.59. The van der Waals surface area contributed by atoms with E-state index in [1.165, 1.54) is 16.8 Å². The SMILES string of the molecule is CCOC(=O)C(Cc1ccccc1)NC(=O)c1c[nH]n2c(=O)cc(C)nc12. The van der Waals surface area contributed by atoms with E-state index in [-0.39, 0.29) is 23.4 Å². The maximum Gasteiger partial charge on any atom is 0.328 e. The highest BCUT2D eigenvalue weighted by atomic mass is 16.5. The number of carbonyl (C=O) groups excluding carboxylic acids is 2. The van der Waals surface area contributed by atoms with Gasteiger partial charge in [-0.05, 0) is 19.4 Å². The van der Waals surface area contributed by atoms with Gasteiger partial charge in [-0.3, -0.25) is 14.7 Å². The fourth-order valence-corrected chi connectivity index (χ4v) is 2.79. The summed E-state index contributed by atoms with van der Waals surface area (Å²) in [5.41, 5.74) is 1.46. The summed E-state index contributed by atoms with van der Waals surface area (Å²) in [5, 5.41) is 5.40. The Labute approximate surface area is 155 Å². The first-order valence-electron chi connectivity index (χ1n) is 8.58. The van der Waals surface area contributed by atoms with Gasteiger partial charge in [-0.2, -0.15) is 0 Å². The van der Waals surface area contributed by atoms with Crippen LogP contribution in [0.3, 0.4) is 0 Å². The van der Waals surface area contributed by atoms with E-state index in [9.17, 15) is 14.4 Å². The molecule has 0 aliphatic heterocycles. The zero-order valence-electron chi connectivity index (χ0n) is 15.1. The van der Waals surface area contributed by atoms with Crippen LogP contribution in [0.2, 0.25) is 0 Å². The molecule has 8 nitrogen and oxygen atoms in total. The number of nitrogens with zero attached hydrogens (tertiary/aromatic N) is 2. The molecule has 2 aromatic heterocycles. The maximum absolute atomic E-state index is 12.8. The molecule has 0 saturated heterocycles. The molecular weight excluding hydrogens is 348 g/mol. The molecule has 140 valence electrons. The number of H-pyrrole nitrogens is 1. The lowest BCUT2D eigenvalue weighted by Crippen LogP contribution is -2.43. The lowest BCUT2D eigenvalue weighted by atomic mass is 10.1. The molecule has 0 aliphatic carbocycles. The quantitative estimate of drug-likeness (QED) is 0.637. The maximum atomic E-state index is 12.8. The Morgan fingerprint density at radius 3 is 2.74 bits per heavy atom. The van der Waals surface area contributed by atoms with Gasteiger partial charge < -0.3 is 10.1 Å². The van der Waals surface area contributed by atoms with Crippen molar-refractivity contribution in [2.75, 3.05) is 6.61 Å². The molecule has 3 aromatic rings. The second-order valence-electron chi connectivity index (χ2n) is 6.05. The predicted octanol–water partition coefficient (Wildman–Crippen LogP) is 1.24. The van der Waals surface area contributed by atoms with Crippen molar-refractivity contribution in [1.29, 1.82) is 0 Å². The number of nitrogens with one attached hydrogen (secondary N) is 2. The van der Waals surface area contributed by atoms with Crippen molar-refractivity contribution in [3.63, 3.8) is 0 Å². The summed E-state index contributed by atoms with van der Waals surface area (Å²) < 4.78 is 6.27. The summed E-state index contributed by atoms with van der Waals surface area (Å²) in [6.07, 6.45) is 1.68. The Kier molecular flexibility index (Phi) is 5.35. The number of benzene rings is 1. The zero-order chi connectivity index (χ0) is 19.4. The fourth-order valence-electron chi connectivity index (χ4n) is 2.79. The number of carbonyl (C=O) groups is 2. The third kappa shape index (κ3) is 4.05. The van der Waals surface area contributed by atoms with Gasteiger partial charge in [-0.25, -0.2) is 14.3 Å². The van der Waals surface area contributed by atoms with E-state index < -0.39 is 17.9 Å². The van der Waals surface area contributed by atoms with Crippen molar-refractivity contribution in [2.24, 2.45) is 0 Å². The number of rotatable bonds is 6.